The van der Waals surface area contributed by atoms with Crippen molar-refractivity contribution in [2.24, 2.45) is 0 Å². The van der Waals surface area contributed by atoms with Crippen LogP contribution in [0, 0.1) is 0 Å². The second kappa shape index (κ2) is 9.38. The molecule has 134 valence electrons. The van der Waals surface area contributed by atoms with Gasteiger partial charge >= 0.3 is 0 Å². The summed E-state index contributed by atoms with van der Waals surface area (Å²) in [6.07, 6.45) is 3.62. The van der Waals surface area contributed by atoms with E-state index >= 15 is 0 Å². The topological polar surface area (TPSA) is 34.1 Å². The standard InChI is InChI=1S/C20H17BrCl2N2O/c21-17-4-6-20(26-13-15-3-5-18(22)9-19(15)23)16(8-17)12-25-11-14-2-1-7-24-10-14/h1-10,25H,11-13H2. The van der Waals surface area contributed by atoms with Crippen LogP contribution in [0.1, 0.15) is 16.7 Å². The van der Waals surface area contributed by atoms with E-state index in [0.717, 1.165) is 33.5 Å². The lowest BCUT2D eigenvalue weighted by Crippen LogP contribution is -2.14. The third-order valence-electron chi connectivity index (χ3n) is 3.79. The molecule has 3 aromatic rings. The van der Waals surface area contributed by atoms with Crippen LogP contribution in [0.2, 0.25) is 10.0 Å². The molecule has 1 aromatic heterocycles. The molecule has 0 amide bonds. The summed E-state index contributed by atoms with van der Waals surface area (Å²) in [6.45, 7) is 1.80. The van der Waals surface area contributed by atoms with E-state index < -0.39 is 0 Å². The third kappa shape index (κ3) is 5.45. The molecule has 0 saturated heterocycles. The molecule has 0 radical (unpaired) electrons. The molecule has 0 aliphatic rings. The number of benzene rings is 2. The van der Waals surface area contributed by atoms with Gasteiger partial charge in [0.1, 0.15) is 12.4 Å². The van der Waals surface area contributed by atoms with Crippen LogP contribution >= 0.6 is 39.1 Å². The highest BCUT2D eigenvalue weighted by Crippen LogP contribution is 2.26. The number of rotatable bonds is 7. The van der Waals surface area contributed by atoms with Gasteiger partial charge in [-0.3, -0.25) is 4.98 Å². The Morgan fingerprint density at radius 1 is 1.00 bits per heavy atom. The van der Waals surface area contributed by atoms with Crippen molar-refractivity contribution in [1.29, 1.82) is 0 Å². The molecule has 1 N–H and O–H groups in total. The van der Waals surface area contributed by atoms with Gasteiger partial charge in [0.2, 0.25) is 0 Å². The maximum atomic E-state index is 6.22. The van der Waals surface area contributed by atoms with Crippen LogP contribution in [0.5, 0.6) is 5.75 Å². The fourth-order valence-corrected chi connectivity index (χ4v) is 3.34. The molecular weight excluding hydrogens is 435 g/mol. The Morgan fingerprint density at radius 3 is 2.65 bits per heavy atom. The number of hydrogen-bond donors (Lipinski definition) is 1. The van der Waals surface area contributed by atoms with E-state index in [1.165, 1.54) is 0 Å². The van der Waals surface area contributed by atoms with Crippen molar-refractivity contribution in [3.05, 3.63) is 92.1 Å². The number of pyridine rings is 1. The molecule has 2 aromatic carbocycles. The zero-order valence-electron chi connectivity index (χ0n) is 13.9. The van der Waals surface area contributed by atoms with Crippen LogP contribution in [0.25, 0.3) is 0 Å². The minimum Gasteiger partial charge on any atom is -0.489 e. The first kappa shape index (κ1) is 19.2. The van der Waals surface area contributed by atoms with E-state index in [9.17, 15) is 0 Å². The Kier molecular flexibility index (Phi) is 6.92. The van der Waals surface area contributed by atoms with Crippen LogP contribution in [0.3, 0.4) is 0 Å². The van der Waals surface area contributed by atoms with Crippen LogP contribution in [-0.4, -0.2) is 4.98 Å². The van der Waals surface area contributed by atoms with Crippen molar-refractivity contribution >= 4 is 39.1 Å². The van der Waals surface area contributed by atoms with Gasteiger partial charge in [-0.1, -0.05) is 51.3 Å². The summed E-state index contributed by atoms with van der Waals surface area (Å²) < 4.78 is 7.01. The molecule has 0 atom stereocenters. The van der Waals surface area contributed by atoms with E-state index in [1.54, 1.807) is 12.3 Å². The average molecular weight is 452 g/mol. The number of ether oxygens (including phenoxy) is 1. The Labute approximate surface area is 171 Å². The number of halogens is 3. The Morgan fingerprint density at radius 2 is 1.88 bits per heavy atom. The molecule has 1 heterocycles. The fraction of sp³-hybridized carbons (Fsp3) is 0.150. The van der Waals surface area contributed by atoms with Crippen molar-refractivity contribution in [2.75, 3.05) is 0 Å². The van der Waals surface area contributed by atoms with E-state index in [4.69, 9.17) is 27.9 Å². The highest BCUT2D eigenvalue weighted by molar-refractivity contribution is 9.10. The van der Waals surface area contributed by atoms with Gasteiger partial charge in [-0.2, -0.15) is 0 Å². The maximum absolute atomic E-state index is 6.22. The highest BCUT2D eigenvalue weighted by atomic mass is 79.9. The summed E-state index contributed by atoms with van der Waals surface area (Å²) in [5.41, 5.74) is 3.10. The van der Waals surface area contributed by atoms with Crippen LogP contribution < -0.4 is 10.1 Å². The summed E-state index contributed by atoms with van der Waals surface area (Å²) in [5, 5.41) is 4.63. The minimum atomic E-state index is 0.382. The Hall–Kier alpha value is -1.59. The SMILES string of the molecule is Clc1ccc(COc2ccc(Br)cc2CNCc2cccnc2)c(Cl)c1. The Bertz CT molecular complexity index is 875. The van der Waals surface area contributed by atoms with Gasteiger partial charge in [-0.05, 0) is 42.0 Å². The molecule has 3 rings (SSSR count). The van der Waals surface area contributed by atoms with Crippen molar-refractivity contribution in [1.82, 2.24) is 10.3 Å². The van der Waals surface area contributed by atoms with Gasteiger partial charge in [0.05, 0.1) is 0 Å². The maximum Gasteiger partial charge on any atom is 0.124 e. The summed E-state index contributed by atoms with van der Waals surface area (Å²) in [4.78, 5) is 4.13. The molecule has 0 spiro atoms. The fourth-order valence-electron chi connectivity index (χ4n) is 2.47. The number of hydrogen-bond acceptors (Lipinski definition) is 3. The van der Waals surface area contributed by atoms with Crippen molar-refractivity contribution in [3.8, 4) is 5.75 Å². The van der Waals surface area contributed by atoms with Crippen LogP contribution in [-0.2, 0) is 19.7 Å². The highest BCUT2D eigenvalue weighted by Gasteiger charge is 2.07. The zero-order valence-corrected chi connectivity index (χ0v) is 17.0. The smallest absolute Gasteiger partial charge is 0.124 e. The molecule has 0 aliphatic heterocycles. The first-order chi connectivity index (χ1) is 12.6. The van der Waals surface area contributed by atoms with Crippen LogP contribution in [0.4, 0.5) is 0 Å². The van der Waals surface area contributed by atoms with Crippen LogP contribution in [0.15, 0.2) is 65.4 Å². The summed E-state index contributed by atoms with van der Waals surface area (Å²) in [7, 11) is 0. The molecule has 0 aliphatic carbocycles. The van der Waals surface area contributed by atoms with Crippen molar-refractivity contribution in [3.63, 3.8) is 0 Å². The van der Waals surface area contributed by atoms with Gasteiger partial charge in [-0.25, -0.2) is 0 Å². The second-order valence-electron chi connectivity index (χ2n) is 5.74. The predicted molar refractivity (Wildman–Crippen MR) is 110 cm³/mol. The molecule has 0 unspecified atom stereocenters. The van der Waals surface area contributed by atoms with E-state index in [0.29, 0.717) is 23.2 Å². The van der Waals surface area contributed by atoms with Crippen molar-refractivity contribution < 1.29 is 4.74 Å². The molecule has 0 fully saturated rings. The van der Waals surface area contributed by atoms with Gasteiger partial charge in [0.25, 0.3) is 0 Å². The number of nitrogens with zero attached hydrogens (tertiary/aromatic N) is 1. The van der Waals surface area contributed by atoms with Crippen molar-refractivity contribution in [2.45, 2.75) is 19.7 Å². The van der Waals surface area contributed by atoms with E-state index in [-0.39, 0.29) is 0 Å². The average Bonchev–Trinajstić information content (AvgIpc) is 2.63. The van der Waals surface area contributed by atoms with Gasteiger partial charge in [-0.15, -0.1) is 0 Å². The normalized spacial score (nSPS) is 10.7. The van der Waals surface area contributed by atoms with Gasteiger partial charge in [0.15, 0.2) is 0 Å². The largest absolute Gasteiger partial charge is 0.489 e. The molecule has 0 bridgehead atoms. The number of aromatic nitrogens is 1. The number of nitrogens with one attached hydrogen (secondary N) is 1. The predicted octanol–water partition coefficient (Wildman–Crippen LogP) is 6.02. The lowest BCUT2D eigenvalue weighted by molar-refractivity contribution is 0.302. The molecular formula is C20H17BrCl2N2O. The summed E-state index contributed by atoms with van der Waals surface area (Å²) in [6, 6.07) is 15.3. The van der Waals surface area contributed by atoms with E-state index in [2.05, 4.69) is 32.3 Å². The minimum absolute atomic E-state index is 0.382. The molecule has 0 saturated carbocycles. The molecule has 6 heteroatoms. The lowest BCUT2D eigenvalue weighted by Gasteiger charge is -2.14. The quantitative estimate of drug-likeness (QED) is 0.476. The third-order valence-corrected chi connectivity index (χ3v) is 4.87. The van der Waals surface area contributed by atoms with Gasteiger partial charge < -0.3 is 10.1 Å². The molecule has 3 nitrogen and oxygen atoms in total. The van der Waals surface area contributed by atoms with Gasteiger partial charge in [0, 0.05) is 51.1 Å². The van der Waals surface area contributed by atoms with E-state index in [1.807, 2.05) is 42.6 Å². The summed E-state index contributed by atoms with van der Waals surface area (Å²) >= 11 is 15.7. The monoisotopic (exact) mass is 450 g/mol. The second-order valence-corrected chi connectivity index (χ2v) is 7.50. The summed E-state index contributed by atoms with van der Waals surface area (Å²) in [5.74, 6) is 0.818. The first-order valence-electron chi connectivity index (χ1n) is 8.06. The Balaban J connectivity index is 1.65. The first-order valence-corrected chi connectivity index (χ1v) is 9.61. The molecule has 26 heavy (non-hydrogen) atoms. The lowest BCUT2D eigenvalue weighted by atomic mass is 10.2. The zero-order chi connectivity index (χ0) is 18.4.